The number of imidazole rings is 2. The molecule has 0 spiro atoms. The molecule has 1 aromatic carbocycles. The van der Waals surface area contributed by atoms with Crippen LogP contribution >= 0.6 is 25.8 Å². The van der Waals surface area contributed by atoms with Gasteiger partial charge in [-0.1, -0.05) is 19.1 Å². The quantitative estimate of drug-likeness (QED) is 0.0987. The van der Waals surface area contributed by atoms with Crippen molar-refractivity contribution >= 4 is 65.8 Å². The van der Waals surface area contributed by atoms with Crippen LogP contribution in [0.25, 0.3) is 22.3 Å². The molecule has 10 atom stereocenters. The number of anilines is 2. The van der Waals surface area contributed by atoms with Gasteiger partial charge >= 0.3 is 20.4 Å². The summed E-state index contributed by atoms with van der Waals surface area (Å²) in [7, 11) is -4.75. The summed E-state index contributed by atoms with van der Waals surface area (Å²) in [5.41, 5.74) is 11.5. The highest BCUT2D eigenvalue weighted by atomic mass is 32.7. The molecule has 4 aromatic heterocycles. The summed E-state index contributed by atoms with van der Waals surface area (Å²) in [5.74, 6) is -0.498. The standard InChI is InChI=1S/C32H36F2N10O12P2S/c1-2-3-19(45)53-16-6-4-15(5-7-16)10-59-58(49)52-9-18-24(21(34)30(55-18)43-12-39-22-26(35)37-11-38-27(22)43)50-14-57(47,48)51-8-17-20(33)25(56-58)31(54-17)44-13-40-23-28(44)41-32(36)42-29(23)46/h4-7,11-13,17-18,20-21,24-25,30-31H,2-3,8-10,14H2,1H3,(H,47,48)(H2,35,37,38)(H3,36,41,42,46)/t17-,18-,20-,21-,24-,25-,30-,31-,58?/m1/s1. The molecule has 0 amide bonds. The molecule has 27 heteroatoms. The van der Waals surface area contributed by atoms with Crippen LogP contribution in [0, 0.1) is 0 Å². The number of H-pyrrole nitrogens is 1. The van der Waals surface area contributed by atoms with Crippen molar-refractivity contribution in [1.82, 2.24) is 39.0 Å². The second kappa shape index (κ2) is 16.6. The molecule has 3 saturated heterocycles. The highest BCUT2D eigenvalue weighted by Crippen LogP contribution is 2.65. The summed E-state index contributed by atoms with van der Waals surface area (Å²) in [6, 6.07) is 6.29. The van der Waals surface area contributed by atoms with Gasteiger partial charge in [0, 0.05) is 12.2 Å². The lowest BCUT2D eigenvalue weighted by molar-refractivity contribution is -0.134. The van der Waals surface area contributed by atoms with Gasteiger partial charge in [0.2, 0.25) is 5.95 Å². The number of carbonyl (C=O) groups excluding carboxylic acids is 1. The maximum absolute atomic E-state index is 16.6. The Kier molecular flexibility index (Phi) is 11.6. The summed E-state index contributed by atoms with van der Waals surface area (Å²) >= 11 is 0.639. The molecule has 3 aliphatic rings. The lowest BCUT2D eigenvalue weighted by Crippen LogP contribution is -2.36. The van der Waals surface area contributed by atoms with Crippen LogP contribution in [0.2, 0.25) is 0 Å². The van der Waals surface area contributed by atoms with Gasteiger partial charge in [-0.2, -0.15) is 4.98 Å². The van der Waals surface area contributed by atoms with Gasteiger partial charge in [-0.15, -0.1) is 0 Å². The van der Waals surface area contributed by atoms with Crippen LogP contribution in [-0.4, -0.2) is 106 Å². The number of hydrogen-bond acceptors (Lipinski definition) is 19. The predicted octanol–water partition coefficient (Wildman–Crippen LogP) is 3.30. The van der Waals surface area contributed by atoms with Crippen LogP contribution in [0.15, 0.2) is 48.0 Å². The molecule has 7 heterocycles. The smallest absolute Gasteiger partial charge is 0.390 e. The van der Waals surface area contributed by atoms with Gasteiger partial charge in [-0.25, -0.2) is 33.3 Å². The van der Waals surface area contributed by atoms with Crippen LogP contribution in [0.1, 0.15) is 37.8 Å². The molecule has 59 heavy (non-hydrogen) atoms. The van der Waals surface area contributed by atoms with Gasteiger partial charge in [0.25, 0.3) is 5.56 Å². The van der Waals surface area contributed by atoms with Crippen molar-refractivity contribution in [2.45, 2.75) is 74.7 Å². The second-order valence-electron chi connectivity index (χ2n) is 13.5. The Balaban J connectivity index is 1.13. The van der Waals surface area contributed by atoms with E-state index in [1.807, 2.05) is 6.92 Å². The molecule has 0 aliphatic carbocycles. The number of nitrogens with two attached hydrogens (primary N) is 2. The molecule has 6 N–H and O–H groups in total. The van der Waals surface area contributed by atoms with Gasteiger partial charge in [0.15, 0.2) is 47.4 Å². The number of fused-ring (bicyclic) bond motifs is 5. The fourth-order valence-electron chi connectivity index (χ4n) is 6.62. The summed E-state index contributed by atoms with van der Waals surface area (Å²) < 4.78 is 104. The minimum atomic E-state index is -4.75. The van der Waals surface area contributed by atoms with Crippen molar-refractivity contribution in [1.29, 1.82) is 0 Å². The van der Waals surface area contributed by atoms with Gasteiger partial charge in [0.1, 0.15) is 48.4 Å². The Morgan fingerprint density at radius 1 is 0.966 bits per heavy atom. The maximum Gasteiger partial charge on any atom is 0.390 e. The van der Waals surface area contributed by atoms with E-state index in [0.717, 1.165) is 17.2 Å². The van der Waals surface area contributed by atoms with Gasteiger partial charge < -0.3 is 39.8 Å². The first kappa shape index (κ1) is 41.3. The number of alkyl halides is 2. The number of carbonyl (C=O) groups is 1. The Morgan fingerprint density at radius 3 is 2.44 bits per heavy atom. The summed E-state index contributed by atoms with van der Waals surface area (Å²) in [6.45, 7) is -4.36. The maximum atomic E-state index is 16.6. The van der Waals surface area contributed by atoms with Crippen molar-refractivity contribution < 1.29 is 60.1 Å². The average molecular weight is 885 g/mol. The molecular formula is C32H36F2N10O12P2S. The van der Waals surface area contributed by atoms with E-state index in [0.29, 0.717) is 23.4 Å². The fraction of sp³-hybridized carbons (Fsp3) is 0.469. The third-order valence-corrected chi connectivity index (χ3v) is 14.1. The first-order valence-corrected chi connectivity index (χ1v) is 22.8. The molecular weight excluding hydrogens is 848 g/mol. The second-order valence-corrected chi connectivity index (χ2v) is 19.3. The minimum absolute atomic E-state index is 0.0125. The number of nitrogens with zero attached hydrogens (tertiary/aromatic N) is 7. The Labute approximate surface area is 335 Å². The normalized spacial score (nSPS) is 31.6. The molecule has 2 bridgehead atoms. The van der Waals surface area contributed by atoms with Crippen molar-refractivity contribution in [2.24, 2.45) is 0 Å². The lowest BCUT2D eigenvalue weighted by Gasteiger charge is -2.28. The van der Waals surface area contributed by atoms with Crippen molar-refractivity contribution in [3.63, 3.8) is 0 Å². The molecule has 0 saturated carbocycles. The molecule has 3 fully saturated rings. The third-order valence-electron chi connectivity index (χ3n) is 9.43. The highest BCUT2D eigenvalue weighted by Gasteiger charge is 2.54. The van der Waals surface area contributed by atoms with Crippen LogP contribution < -0.4 is 21.8 Å². The van der Waals surface area contributed by atoms with E-state index in [2.05, 4.69) is 29.9 Å². The summed E-state index contributed by atoms with van der Waals surface area (Å²) in [6.07, 6.45) is -10.7. The average Bonchev–Trinajstić information content (AvgIpc) is 3.96. The SMILES string of the molecule is CCCC(=O)Oc1ccc(CSP2(=O)OC[C@H]3O[C@@H](n4cnc5c(N)ncnc54)[C@H](F)[C@@H]3OCP(=O)(O)OC[C@H]3O[C@@H](n4cnc5c(=O)[nH]c(N)nc54)[C@H](O2)[C@@H]3F)cc1. The number of nitrogen functional groups attached to an aromatic ring is 2. The molecule has 0 radical (unpaired) electrons. The van der Waals surface area contributed by atoms with Gasteiger partial charge in [-0.3, -0.25) is 37.3 Å². The molecule has 8 rings (SSSR count). The number of esters is 1. The number of rotatable bonds is 8. The van der Waals surface area contributed by atoms with Crippen LogP contribution in [-0.2, 0) is 47.5 Å². The number of halogens is 2. The zero-order chi connectivity index (χ0) is 41.6. The first-order valence-electron chi connectivity index (χ1n) is 17.9. The topological polar surface area (TPSA) is 295 Å². The number of aromatic nitrogens is 8. The van der Waals surface area contributed by atoms with Crippen molar-refractivity contribution in [3.8, 4) is 5.75 Å². The Morgan fingerprint density at radius 2 is 1.68 bits per heavy atom. The van der Waals surface area contributed by atoms with E-state index in [1.165, 1.54) is 23.0 Å². The fourth-order valence-corrected chi connectivity index (χ4v) is 10.8. The zero-order valence-electron chi connectivity index (χ0n) is 30.7. The van der Waals surface area contributed by atoms with Crippen molar-refractivity contribution in [2.75, 3.05) is 31.0 Å². The number of aromatic amines is 1. The summed E-state index contributed by atoms with van der Waals surface area (Å²) in [4.78, 5) is 58.0. The van der Waals surface area contributed by atoms with Crippen LogP contribution in [0.4, 0.5) is 20.5 Å². The van der Waals surface area contributed by atoms with E-state index in [9.17, 15) is 23.6 Å². The van der Waals surface area contributed by atoms with E-state index in [-0.39, 0.29) is 52.0 Å². The van der Waals surface area contributed by atoms with Crippen molar-refractivity contribution in [3.05, 3.63) is 59.2 Å². The largest absolute Gasteiger partial charge is 0.427 e. The summed E-state index contributed by atoms with van der Waals surface area (Å²) in [5, 5.41) is 0. The molecule has 2 unspecified atom stereocenters. The zero-order valence-corrected chi connectivity index (χ0v) is 33.3. The van der Waals surface area contributed by atoms with E-state index >= 15 is 8.78 Å². The molecule has 316 valence electrons. The van der Waals surface area contributed by atoms with E-state index < -0.39 is 94.7 Å². The molecule has 22 nitrogen and oxygen atoms in total. The first-order chi connectivity index (χ1) is 28.2. The Hall–Kier alpha value is -4.42. The number of hydrogen-bond donors (Lipinski definition) is 4. The van der Waals surface area contributed by atoms with Gasteiger partial charge in [0.05, 0.1) is 25.9 Å². The van der Waals surface area contributed by atoms with E-state index in [1.54, 1.807) is 12.1 Å². The van der Waals surface area contributed by atoms with E-state index in [4.69, 9.17) is 44.0 Å². The molecule has 5 aromatic rings. The third kappa shape index (κ3) is 8.49. The Bertz CT molecular complexity index is 2520. The minimum Gasteiger partial charge on any atom is -0.427 e. The highest BCUT2D eigenvalue weighted by molar-refractivity contribution is 8.54. The number of benzene rings is 1. The lowest BCUT2D eigenvalue weighted by atomic mass is 10.1. The van der Waals surface area contributed by atoms with Crippen LogP contribution in [0.5, 0.6) is 5.75 Å². The van der Waals surface area contributed by atoms with Gasteiger partial charge in [-0.05, 0) is 35.5 Å². The predicted molar refractivity (Wildman–Crippen MR) is 202 cm³/mol. The number of ether oxygens (including phenoxy) is 4. The molecule has 3 aliphatic heterocycles. The van der Waals surface area contributed by atoms with Crippen LogP contribution in [0.3, 0.4) is 0 Å². The number of nitrogens with one attached hydrogen (secondary N) is 1. The monoisotopic (exact) mass is 884 g/mol.